The van der Waals surface area contributed by atoms with Gasteiger partial charge in [-0.25, -0.2) is 17.9 Å². The zero-order valence-electron chi connectivity index (χ0n) is 28.1. The summed E-state index contributed by atoms with van der Waals surface area (Å²) < 4.78 is 73.9. The first-order chi connectivity index (χ1) is 20.9. The lowest BCUT2D eigenvalue weighted by Gasteiger charge is -2.69. The number of halogens is 3. The maximum atomic E-state index is 13.9. The first-order valence-electron chi connectivity index (χ1n) is 15.7. The number of sulfone groups is 1. The summed E-state index contributed by atoms with van der Waals surface area (Å²) in [4.78, 5) is 9.30. The standard InChI is InChI=1S/C25H37B8F3N6O3S/c1-12-13(3-2-4-14(12)21(34,35)36)5-17-16(7-40-8-20(9-40)10-46(43,44)11-20)38-19-15(37)6-18(39-41(17)19)42-22(26,27)24(30,31)45-25(32,33)23(42,28)29/h2-4,6H,5,7-11,26-33,37H2,1H3. The Hall–Kier alpha value is -2.38. The van der Waals surface area contributed by atoms with Crippen molar-refractivity contribution in [1.29, 1.82) is 0 Å². The van der Waals surface area contributed by atoms with E-state index in [1.807, 2.05) is 6.07 Å². The zero-order valence-corrected chi connectivity index (χ0v) is 28.9. The molecule has 1 aromatic carbocycles. The van der Waals surface area contributed by atoms with Crippen molar-refractivity contribution < 1.29 is 26.3 Å². The fourth-order valence-corrected chi connectivity index (χ4v) is 10.0. The van der Waals surface area contributed by atoms with E-state index >= 15 is 0 Å². The molecule has 21 heteroatoms. The van der Waals surface area contributed by atoms with Crippen LogP contribution in [0.25, 0.3) is 5.65 Å². The lowest BCUT2D eigenvalue weighted by molar-refractivity contribution is -0.138. The molecule has 3 aliphatic heterocycles. The van der Waals surface area contributed by atoms with Crippen LogP contribution in [-0.2, 0) is 33.7 Å². The second-order valence-corrected chi connectivity index (χ2v) is 17.8. The van der Waals surface area contributed by atoms with E-state index in [0.29, 0.717) is 53.7 Å². The van der Waals surface area contributed by atoms with E-state index in [1.54, 1.807) is 10.6 Å². The average Bonchev–Trinajstić information content (AvgIpc) is 3.18. The molecular formula is C25H37B8F3N6O3S. The second-order valence-electron chi connectivity index (χ2n) is 15.7. The van der Waals surface area contributed by atoms with E-state index in [4.69, 9.17) is 20.6 Å². The second kappa shape index (κ2) is 10.1. The number of morpholine rings is 1. The van der Waals surface area contributed by atoms with Gasteiger partial charge in [0.05, 0.1) is 34.1 Å². The van der Waals surface area contributed by atoms with Gasteiger partial charge < -0.3 is 15.4 Å². The normalized spacial score (nSPS) is 24.0. The van der Waals surface area contributed by atoms with Gasteiger partial charge in [-0.15, -0.1) is 5.10 Å². The third kappa shape index (κ3) is 5.14. The highest BCUT2D eigenvalue weighted by Crippen LogP contribution is 2.44. The predicted molar refractivity (Wildman–Crippen MR) is 196 cm³/mol. The van der Waals surface area contributed by atoms with E-state index in [1.165, 1.54) is 13.0 Å². The van der Waals surface area contributed by atoms with Crippen molar-refractivity contribution in [2.45, 2.75) is 47.5 Å². The van der Waals surface area contributed by atoms with Crippen LogP contribution in [0.3, 0.4) is 0 Å². The van der Waals surface area contributed by atoms with Crippen LogP contribution in [-0.4, -0.2) is 137 Å². The highest BCUT2D eigenvalue weighted by molar-refractivity contribution is 7.92. The highest BCUT2D eigenvalue weighted by atomic mass is 32.2. The van der Waals surface area contributed by atoms with E-state index in [2.05, 4.69) is 72.6 Å². The lowest BCUT2D eigenvalue weighted by Crippen LogP contribution is -2.86. The van der Waals surface area contributed by atoms with Gasteiger partial charge in [-0.05, 0) is 34.8 Å². The topological polar surface area (TPSA) is 106 Å². The maximum Gasteiger partial charge on any atom is 0.416 e. The smallest absolute Gasteiger partial charge is 0.402 e. The van der Waals surface area contributed by atoms with Crippen LogP contribution >= 0.6 is 0 Å². The summed E-state index contributed by atoms with van der Waals surface area (Å²) in [5.41, 5.74) is 8.65. The van der Waals surface area contributed by atoms with Crippen molar-refractivity contribution in [1.82, 2.24) is 19.5 Å². The monoisotopic (exact) mass is 646 g/mol. The van der Waals surface area contributed by atoms with Crippen molar-refractivity contribution >= 4 is 89.8 Å². The molecule has 3 aromatic rings. The summed E-state index contributed by atoms with van der Waals surface area (Å²) in [7, 11) is 13.7. The molecule has 6 rings (SSSR count). The van der Waals surface area contributed by atoms with Crippen molar-refractivity contribution in [2.24, 2.45) is 5.41 Å². The number of anilines is 2. The Kier molecular flexibility index (Phi) is 7.34. The quantitative estimate of drug-likeness (QED) is 0.274. The third-order valence-corrected chi connectivity index (χ3v) is 13.3. The molecule has 3 saturated heterocycles. The molecule has 2 N–H and O–H groups in total. The largest absolute Gasteiger partial charge is 0.416 e. The molecule has 0 unspecified atom stereocenters. The van der Waals surface area contributed by atoms with E-state index in [-0.39, 0.29) is 28.9 Å². The molecule has 0 radical (unpaired) electrons. The third-order valence-electron chi connectivity index (χ3n) is 11.2. The van der Waals surface area contributed by atoms with Gasteiger partial charge in [-0.2, -0.15) is 13.2 Å². The van der Waals surface area contributed by atoms with Gasteiger partial charge in [-0.1, -0.05) is 12.1 Å². The number of benzene rings is 1. The molecule has 46 heavy (non-hydrogen) atoms. The molecular weight excluding hydrogens is 608 g/mol. The number of nitrogens with two attached hydrogens (primary N) is 1. The van der Waals surface area contributed by atoms with Crippen LogP contribution in [0.2, 0.25) is 0 Å². The Morgan fingerprint density at radius 3 is 2.13 bits per heavy atom. The van der Waals surface area contributed by atoms with Gasteiger partial charge >= 0.3 is 6.18 Å². The minimum absolute atomic E-state index is 0.154. The number of nitrogens with zero attached hydrogens (tertiary/aromatic N) is 5. The molecule has 3 fully saturated rings. The average molecular weight is 645 g/mol. The zero-order chi connectivity index (χ0) is 34.0. The van der Waals surface area contributed by atoms with E-state index in [0.717, 1.165) is 6.07 Å². The number of rotatable bonds is 5. The number of ether oxygens (including phenoxy) is 1. The molecule has 0 saturated carbocycles. The van der Waals surface area contributed by atoms with Gasteiger partial charge in [0, 0.05) is 48.3 Å². The molecule has 1 spiro atoms. The Balaban J connectivity index is 1.48. The Morgan fingerprint density at radius 1 is 1.00 bits per heavy atom. The Morgan fingerprint density at radius 2 is 1.59 bits per heavy atom. The first-order valence-corrected chi connectivity index (χ1v) is 17.5. The SMILES string of the molecule is BC1(B)OC(B)(B)C(B)(B)N(c2cc(N)c3nc(CN4CC5(C4)CS(=O)(=O)C5)c(Cc4cccc(C(F)(F)F)c4C)n3n2)C1(B)B. The molecule has 3 aliphatic rings. The molecule has 236 valence electrons. The number of alkyl halides is 3. The number of hydrogen-bond donors (Lipinski definition) is 1. The van der Waals surface area contributed by atoms with Crippen molar-refractivity contribution in [3.63, 3.8) is 0 Å². The predicted octanol–water partition coefficient (Wildman–Crippen LogP) is -6.02. The first kappa shape index (κ1) is 33.5. The van der Waals surface area contributed by atoms with Crippen LogP contribution in [0.4, 0.5) is 24.7 Å². The molecule has 0 aliphatic carbocycles. The number of imidazole rings is 1. The van der Waals surface area contributed by atoms with Crippen molar-refractivity contribution in [3.05, 3.63) is 52.3 Å². The van der Waals surface area contributed by atoms with Crippen LogP contribution in [0.15, 0.2) is 24.3 Å². The Bertz CT molecular complexity index is 1830. The highest BCUT2D eigenvalue weighted by Gasteiger charge is 2.59. The van der Waals surface area contributed by atoms with Gasteiger partial charge in [0.25, 0.3) is 0 Å². The summed E-state index contributed by atoms with van der Waals surface area (Å²) in [6.07, 6.45) is -4.33. The van der Waals surface area contributed by atoms with Crippen molar-refractivity contribution in [2.75, 3.05) is 35.2 Å². The molecule has 9 nitrogen and oxygen atoms in total. The fraction of sp³-hybridized carbons (Fsp3) is 0.520. The number of likely N-dealkylation sites (tertiary alicyclic amines) is 1. The molecule has 0 bridgehead atoms. The minimum atomic E-state index is -4.49. The summed E-state index contributed by atoms with van der Waals surface area (Å²) >= 11 is 0. The van der Waals surface area contributed by atoms with Gasteiger partial charge in [-0.3, -0.25) is 4.90 Å². The lowest BCUT2D eigenvalue weighted by atomic mass is 9.30. The van der Waals surface area contributed by atoms with Gasteiger partial charge in [0.15, 0.2) is 15.5 Å². The van der Waals surface area contributed by atoms with E-state index in [9.17, 15) is 21.6 Å². The number of nitrogen functional groups attached to an aromatic ring is 1. The van der Waals surface area contributed by atoms with Gasteiger partial charge in [0.2, 0.25) is 0 Å². The number of fused-ring (bicyclic) bond motifs is 1. The summed E-state index contributed by atoms with van der Waals surface area (Å²) in [5.74, 6) is 0.986. The molecule has 0 atom stereocenters. The van der Waals surface area contributed by atoms with Crippen LogP contribution in [0.1, 0.15) is 28.1 Å². The number of aromatic nitrogens is 3. The van der Waals surface area contributed by atoms with Crippen molar-refractivity contribution in [3.8, 4) is 0 Å². The Labute approximate surface area is 275 Å². The molecule has 0 amide bonds. The summed E-state index contributed by atoms with van der Waals surface area (Å²) in [5, 5.41) is 2.89. The summed E-state index contributed by atoms with van der Waals surface area (Å²) in [6.45, 7) is 3.14. The van der Waals surface area contributed by atoms with E-state index < -0.39 is 43.1 Å². The van der Waals surface area contributed by atoms with Crippen LogP contribution in [0, 0.1) is 12.3 Å². The van der Waals surface area contributed by atoms with Crippen LogP contribution < -0.4 is 10.6 Å². The van der Waals surface area contributed by atoms with Gasteiger partial charge in [0.1, 0.15) is 68.6 Å². The van der Waals surface area contributed by atoms with Crippen LogP contribution in [0.5, 0.6) is 0 Å². The minimum Gasteiger partial charge on any atom is -0.402 e. The fourth-order valence-electron chi connectivity index (χ4n) is 7.89. The number of hydrogen-bond acceptors (Lipinski definition) is 8. The maximum absolute atomic E-state index is 13.9. The summed E-state index contributed by atoms with van der Waals surface area (Å²) in [6, 6.07) is 6.06. The molecule has 5 heterocycles. The molecule has 2 aromatic heterocycles.